The average Bonchev–Trinajstić information content (AvgIpc) is 2.73. The van der Waals surface area contributed by atoms with Gasteiger partial charge in [-0.25, -0.2) is 4.79 Å². The van der Waals surface area contributed by atoms with Crippen LogP contribution in [0.25, 0.3) is 0 Å². The van der Waals surface area contributed by atoms with Crippen molar-refractivity contribution < 1.29 is 31.5 Å². The number of hydrogen-bond acceptors (Lipinski definition) is 4. The summed E-state index contributed by atoms with van der Waals surface area (Å²) in [7, 11) is -5.60. The van der Waals surface area contributed by atoms with Gasteiger partial charge in [-0.15, -0.1) is 11.3 Å². The van der Waals surface area contributed by atoms with E-state index in [0.717, 1.165) is 11.3 Å². The highest BCUT2D eigenvalue weighted by Gasteiger charge is 2.47. The van der Waals surface area contributed by atoms with Crippen molar-refractivity contribution in [1.82, 2.24) is 0 Å². The molecule has 2 rings (SSSR count). The van der Waals surface area contributed by atoms with E-state index in [1.165, 1.54) is 4.72 Å². The van der Waals surface area contributed by atoms with Gasteiger partial charge in [0.05, 0.1) is 5.56 Å². The smallest absolute Gasteiger partial charge is 0.478 e. The van der Waals surface area contributed by atoms with E-state index in [9.17, 15) is 26.4 Å². The topological polar surface area (TPSA) is 83.5 Å². The SMILES string of the molecule is O=C(O)c1c(NS(=O)(=O)C(F)(F)F)sc2c1CCC2. The monoisotopic (exact) mass is 315 g/mol. The molecule has 106 valence electrons. The lowest BCUT2D eigenvalue weighted by molar-refractivity contribution is -0.0429. The number of anilines is 1. The van der Waals surface area contributed by atoms with Crippen molar-refractivity contribution in [2.45, 2.75) is 24.8 Å². The second kappa shape index (κ2) is 4.37. The Hall–Kier alpha value is -1.29. The number of nitrogens with one attached hydrogen (secondary N) is 1. The van der Waals surface area contributed by atoms with Crippen LogP contribution in [0.2, 0.25) is 0 Å². The molecular formula is C9H8F3NO4S2. The fourth-order valence-electron chi connectivity index (χ4n) is 1.88. The van der Waals surface area contributed by atoms with Crippen molar-refractivity contribution in [3.63, 3.8) is 0 Å². The fraction of sp³-hybridized carbons (Fsp3) is 0.444. The molecule has 0 bridgehead atoms. The number of halogens is 3. The largest absolute Gasteiger partial charge is 0.516 e. The van der Waals surface area contributed by atoms with E-state index < -0.39 is 26.5 Å². The maximum absolute atomic E-state index is 12.3. The number of hydrogen-bond donors (Lipinski definition) is 2. The molecule has 5 nitrogen and oxygen atoms in total. The van der Waals surface area contributed by atoms with E-state index in [1.807, 2.05) is 0 Å². The molecule has 0 saturated carbocycles. The molecule has 1 heterocycles. The molecule has 1 aliphatic carbocycles. The third-order valence-electron chi connectivity index (χ3n) is 2.67. The molecule has 0 fully saturated rings. The molecule has 10 heteroatoms. The number of carbonyl (C=O) groups is 1. The predicted molar refractivity (Wildman–Crippen MR) is 61.9 cm³/mol. The number of fused-ring (bicyclic) bond motifs is 1. The van der Waals surface area contributed by atoms with E-state index in [2.05, 4.69) is 0 Å². The number of sulfonamides is 1. The van der Waals surface area contributed by atoms with Gasteiger partial charge in [0, 0.05) is 4.88 Å². The Balaban J connectivity index is 2.45. The summed E-state index contributed by atoms with van der Waals surface area (Å²) >= 11 is 0.749. The van der Waals surface area contributed by atoms with Crippen LogP contribution in [0, 0.1) is 0 Å². The highest BCUT2D eigenvalue weighted by atomic mass is 32.2. The quantitative estimate of drug-likeness (QED) is 0.895. The minimum Gasteiger partial charge on any atom is -0.478 e. The summed E-state index contributed by atoms with van der Waals surface area (Å²) < 4.78 is 60.1. The van der Waals surface area contributed by atoms with Crippen LogP contribution in [0.3, 0.4) is 0 Å². The van der Waals surface area contributed by atoms with E-state index in [-0.39, 0.29) is 5.56 Å². The molecule has 0 saturated heterocycles. The second-order valence-corrected chi connectivity index (χ2v) is 6.70. The third-order valence-corrected chi connectivity index (χ3v) is 5.09. The average molecular weight is 315 g/mol. The number of alkyl halides is 3. The van der Waals surface area contributed by atoms with Crippen molar-refractivity contribution in [3.05, 3.63) is 16.0 Å². The van der Waals surface area contributed by atoms with Gasteiger partial charge < -0.3 is 5.11 Å². The molecule has 1 aromatic rings. The zero-order valence-corrected chi connectivity index (χ0v) is 10.9. The summed E-state index contributed by atoms with van der Waals surface area (Å²) in [5, 5.41) is 8.53. The molecule has 0 spiro atoms. The normalized spacial score (nSPS) is 15.3. The predicted octanol–water partition coefficient (Wildman–Crippen LogP) is 2.20. The Labute approximate surface area is 110 Å². The van der Waals surface area contributed by atoms with E-state index >= 15 is 0 Å². The summed E-state index contributed by atoms with van der Waals surface area (Å²) in [5.41, 5.74) is -5.42. The van der Waals surface area contributed by atoms with Gasteiger partial charge in [0.2, 0.25) is 0 Å². The number of carboxylic acid groups (broad SMARTS) is 1. The van der Waals surface area contributed by atoms with Crippen LogP contribution >= 0.6 is 11.3 Å². The van der Waals surface area contributed by atoms with Crippen LogP contribution in [-0.2, 0) is 22.9 Å². The Morgan fingerprint density at radius 2 is 1.95 bits per heavy atom. The van der Waals surface area contributed by atoms with Crippen molar-refractivity contribution >= 4 is 32.3 Å². The Bertz CT molecular complexity index is 633. The van der Waals surface area contributed by atoms with Gasteiger partial charge in [0.1, 0.15) is 5.00 Å². The molecular weight excluding hydrogens is 307 g/mol. The fourth-order valence-corrected chi connectivity index (χ4v) is 3.97. The number of rotatable bonds is 3. The van der Waals surface area contributed by atoms with Crippen LogP contribution in [0.5, 0.6) is 0 Å². The molecule has 0 amide bonds. The molecule has 0 aromatic carbocycles. The molecule has 0 radical (unpaired) electrons. The zero-order valence-electron chi connectivity index (χ0n) is 9.24. The lowest BCUT2D eigenvalue weighted by Crippen LogP contribution is -2.30. The first-order valence-electron chi connectivity index (χ1n) is 5.10. The van der Waals surface area contributed by atoms with Crippen LogP contribution in [-0.4, -0.2) is 25.0 Å². The Morgan fingerprint density at radius 3 is 2.47 bits per heavy atom. The molecule has 2 N–H and O–H groups in total. The molecule has 0 atom stereocenters. The van der Waals surface area contributed by atoms with Crippen molar-refractivity contribution in [3.8, 4) is 0 Å². The van der Waals surface area contributed by atoms with Gasteiger partial charge in [-0.3, -0.25) is 4.72 Å². The van der Waals surface area contributed by atoms with Gasteiger partial charge in [0.25, 0.3) is 0 Å². The number of aryl methyl sites for hydroxylation is 1. The number of thiophene rings is 1. The molecule has 0 unspecified atom stereocenters. The lowest BCUT2D eigenvalue weighted by atomic mass is 10.1. The minimum atomic E-state index is -5.60. The van der Waals surface area contributed by atoms with Crippen molar-refractivity contribution in [1.29, 1.82) is 0 Å². The van der Waals surface area contributed by atoms with Crippen LogP contribution in [0.15, 0.2) is 0 Å². The van der Waals surface area contributed by atoms with E-state index in [0.29, 0.717) is 29.7 Å². The molecule has 19 heavy (non-hydrogen) atoms. The Morgan fingerprint density at radius 1 is 1.32 bits per heavy atom. The highest BCUT2D eigenvalue weighted by Crippen LogP contribution is 2.40. The van der Waals surface area contributed by atoms with Gasteiger partial charge in [-0.05, 0) is 24.8 Å². The minimum absolute atomic E-state index is 0.370. The number of carboxylic acids is 1. The summed E-state index contributed by atoms with van der Waals surface area (Å²) in [6.45, 7) is 0. The van der Waals surface area contributed by atoms with E-state index in [4.69, 9.17) is 5.11 Å². The van der Waals surface area contributed by atoms with Crippen molar-refractivity contribution in [2.24, 2.45) is 0 Å². The molecule has 1 aliphatic rings. The van der Waals surface area contributed by atoms with Gasteiger partial charge in [-0.1, -0.05) is 0 Å². The zero-order chi connectivity index (χ0) is 14.4. The highest BCUT2D eigenvalue weighted by molar-refractivity contribution is 7.93. The number of aromatic carboxylic acids is 1. The van der Waals surface area contributed by atoms with Crippen LogP contribution in [0.1, 0.15) is 27.2 Å². The summed E-state index contributed by atoms with van der Waals surface area (Å²) in [6.07, 6.45) is 1.70. The summed E-state index contributed by atoms with van der Waals surface area (Å²) in [4.78, 5) is 11.7. The van der Waals surface area contributed by atoms with E-state index in [1.54, 1.807) is 0 Å². The summed E-state index contributed by atoms with van der Waals surface area (Å²) in [5.74, 6) is -1.43. The second-order valence-electron chi connectivity index (χ2n) is 3.92. The molecule has 1 aromatic heterocycles. The first-order chi connectivity index (χ1) is 8.63. The lowest BCUT2D eigenvalue weighted by Gasteiger charge is -2.10. The van der Waals surface area contributed by atoms with Crippen LogP contribution < -0.4 is 4.72 Å². The van der Waals surface area contributed by atoms with Crippen LogP contribution in [0.4, 0.5) is 18.2 Å². The first-order valence-corrected chi connectivity index (χ1v) is 7.40. The van der Waals surface area contributed by atoms with Gasteiger partial charge >= 0.3 is 21.5 Å². The standard InChI is InChI=1S/C9H8F3NO4S2/c10-9(11,12)19(16,17)13-7-6(8(14)15)4-2-1-3-5(4)18-7/h13H,1-3H2,(H,14,15). The first kappa shape index (κ1) is 14.1. The van der Waals surface area contributed by atoms with Gasteiger partial charge in [0.15, 0.2) is 0 Å². The summed E-state index contributed by atoms with van der Waals surface area (Å²) in [6, 6.07) is 0. The maximum atomic E-state index is 12.3. The molecule has 0 aliphatic heterocycles. The Kier molecular flexibility index (Phi) is 3.25. The van der Waals surface area contributed by atoms with Crippen molar-refractivity contribution in [2.75, 3.05) is 4.72 Å². The third kappa shape index (κ3) is 2.41. The maximum Gasteiger partial charge on any atom is 0.516 e. The van der Waals surface area contributed by atoms with Gasteiger partial charge in [-0.2, -0.15) is 21.6 Å².